The van der Waals surface area contributed by atoms with Crippen LogP contribution in [-0.4, -0.2) is 72.1 Å². The van der Waals surface area contributed by atoms with Gasteiger partial charge in [0.2, 0.25) is 17.7 Å². The van der Waals surface area contributed by atoms with Crippen molar-refractivity contribution < 1.29 is 19.1 Å². The van der Waals surface area contributed by atoms with Gasteiger partial charge < -0.3 is 20.7 Å². The summed E-state index contributed by atoms with van der Waals surface area (Å²) in [6.07, 6.45) is 1.09. The van der Waals surface area contributed by atoms with Crippen LogP contribution in [0.3, 0.4) is 0 Å². The van der Waals surface area contributed by atoms with Crippen molar-refractivity contribution in [1.29, 1.82) is 0 Å². The Labute approximate surface area is 197 Å². The number of hydrogen-bond donors (Lipinski definition) is 3. The third-order valence-electron chi connectivity index (χ3n) is 5.56. The highest BCUT2D eigenvalue weighted by atomic mass is 32.2. The van der Waals surface area contributed by atoms with Crippen molar-refractivity contribution in [3.8, 4) is 0 Å². The summed E-state index contributed by atoms with van der Waals surface area (Å²) in [4.78, 5) is 36.8. The number of methoxy groups -OCH3 is 1. The number of carbonyl (C=O) groups is 3. The van der Waals surface area contributed by atoms with Gasteiger partial charge >= 0.3 is 0 Å². The van der Waals surface area contributed by atoms with Crippen molar-refractivity contribution in [2.24, 2.45) is 11.8 Å². The number of rotatable bonds is 15. The minimum Gasteiger partial charge on any atom is -0.378 e. The van der Waals surface area contributed by atoms with Crippen LogP contribution in [0.2, 0.25) is 0 Å². The van der Waals surface area contributed by atoms with Crippen LogP contribution in [0.1, 0.15) is 54.9 Å². The van der Waals surface area contributed by atoms with Gasteiger partial charge in [-0.15, -0.1) is 0 Å². The van der Waals surface area contributed by atoms with E-state index in [1.165, 1.54) is 18.8 Å². The van der Waals surface area contributed by atoms with Crippen LogP contribution in [0.25, 0.3) is 0 Å². The van der Waals surface area contributed by atoms with Gasteiger partial charge in [-0.25, -0.2) is 0 Å². The van der Waals surface area contributed by atoms with Crippen LogP contribution >= 0.6 is 23.5 Å². The Morgan fingerprint density at radius 2 is 1.65 bits per heavy atom. The molecular formula is C22H43N3O4S2. The lowest BCUT2D eigenvalue weighted by Gasteiger charge is -2.31. The normalized spacial score (nSPS) is 15.0. The second-order valence-corrected chi connectivity index (χ2v) is 11.8. The topological polar surface area (TPSA) is 96.5 Å². The fraction of sp³-hybridized carbons (Fsp3) is 0.864. The van der Waals surface area contributed by atoms with Crippen molar-refractivity contribution in [1.82, 2.24) is 16.0 Å². The van der Waals surface area contributed by atoms with Crippen LogP contribution in [0.15, 0.2) is 0 Å². The van der Waals surface area contributed by atoms with Gasteiger partial charge in [-0.2, -0.15) is 23.5 Å². The summed E-state index contributed by atoms with van der Waals surface area (Å²) in [5, 5.41) is 7.97. The smallest absolute Gasteiger partial charge is 0.243 e. The Kier molecular flexibility index (Phi) is 13.8. The predicted octanol–water partition coefficient (Wildman–Crippen LogP) is 2.69. The van der Waals surface area contributed by atoms with Crippen LogP contribution in [0.5, 0.6) is 0 Å². The molecule has 31 heavy (non-hydrogen) atoms. The largest absolute Gasteiger partial charge is 0.378 e. The van der Waals surface area contributed by atoms with Gasteiger partial charge in [0.05, 0.1) is 12.1 Å². The molecule has 0 aliphatic carbocycles. The molecule has 0 spiro atoms. The highest BCUT2D eigenvalue weighted by Gasteiger charge is 2.27. The van der Waals surface area contributed by atoms with Gasteiger partial charge in [0.1, 0.15) is 6.04 Å². The first-order valence-electron chi connectivity index (χ1n) is 10.8. The molecule has 3 N–H and O–H groups in total. The molecule has 3 unspecified atom stereocenters. The average Bonchev–Trinajstić information content (AvgIpc) is 2.73. The lowest BCUT2D eigenvalue weighted by molar-refractivity contribution is -0.129. The molecule has 0 aliphatic heterocycles. The Morgan fingerprint density at radius 1 is 1.03 bits per heavy atom. The standard InChI is InChI=1S/C22H43N3O4S2/c1-10-16(3)22(6,7)31-12-15(2)19(27)24-11-18(26)25-17(20(28)23-8)13-30-14-21(4,5)29-9/h15-17H,10-14H2,1-9H3,(H,23,28)(H,24,27)(H,25,26). The van der Waals surface area contributed by atoms with E-state index in [9.17, 15) is 14.4 Å². The monoisotopic (exact) mass is 477 g/mol. The molecular weight excluding hydrogens is 434 g/mol. The molecule has 0 saturated carbocycles. The van der Waals surface area contributed by atoms with E-state index in [1.807, 2.05) is 20.8 Å². The van der Waals surface area contributed by atoms with Crippen molar-refractivity contribution in [2.75, 3.05) is 38.0 Å². The summed E-state index contributed by atoms with van der Waals surface area (Å²) < 4.78 is 5.47. The molecule has 3 amide bonds. The van der Waals surface area contributed by atoms with E-state index in [2.05, 4.69) is 43.6 Å². The lowest BCUT2D eigenvalue weighted by Crippen LogP contribution is -2.50. The second-order valence-electron chi connectivity index (χ2n) is 9.06. The van der Waals surface area contributed by atoms with Gasteiger partial charge in [0.15, 0.2) is 0 Å². The minimum absolute atomic E-state index is 0.0937. The average molecular weight is 478 g/mol. The molecule has 3 atom stereocenters. The van der Waals surface area contributed by atoms with E-state index < -0.39 is 6.04 Å². The lowest BCUT2D eigenvalue weighted by atomic mass is 9.95. The number of hydrogen-bond acceptors (Lipinski definition) is 6. The number of thioether (sulfide) groups is 2. The zero-order valence-corrected chi connectivity index (χ0v) is 22.4. The van der Waals surface area contributed by atoms with Crippen LogP contribution < -0.4 is 16.0 Å². The molecule has 0 rings (SSSR count). The molecule has 7 nitrogen and oxygen atoms in total. The van der Waals surface area contributed by atoms with Gasteiger partial charge in [-0.05, 0) is 19.8 Å². The molecule has 0 aromatic carbocycles. The molecule has 0 heterocycles. The predicted molar refractivity (Wildman–Crippen MR) is 133 cm³/mol. The number of likely N-dealkylation sites (N-methyl/N-ethyl adjacent to an activating group) is 1. The number of ether oxygens (including phenoxy) is 1. The molecule has 0 aromatic heterocycles. The van der Waals surface area contributed by atoms with Crippen LogP contribution in [0.4, 0.5) is 0 Å². The molecule has 0 radical (unpaired) electrons. The summed E-state index contributed by atoms with van der Waals surface area (Å²) in [7, 11) is 3.18. The summed E-state index contributed by atoms with van der Waals surface area (Å²) in [6, 6.07) is -0.670. The molecule has 9 heteroatoms. The zero-order chi connectivity index (χ0) is 24.2. The minimum atomic E-state index is -0.670. The highest BCUT2D eigenvalue weighted by molar-refractivity contribution is 8.00. The Balaban J connectivity index is 4.55. The van der Waals surface area contributed by atoms with E-state index in [-0.39, 0.29) is 40.5 Å². The fourth-order valence-corrected chi connectivity index (χ4v) is 4.95. The first kappa shape index (κ1) is 30.1. The van der Waals surface area contributed by atoms with E-state index in [0.717, 1.165) is 6.42 Å². The van der Waals surface area contributed by atoms with E-state index in [1.54, 1.807) is 18.9 Å². The van der Waals surface area contributed by atoms with Gasteiger partial charge in [-0.1, -0.05) is 41.0 Å². The molecule has 0 bridgehead atoms. The summed E-state index contributed by atoms with van der Waals surface area (Å²) in [5.74, 6) is 1.34. The zero-order valence-electron chi connectivity index (χ0n) is 20.7. The van der Waals surface area contributed by atoms with Crippen LogP contribution in [0, 0.1) is 11.8 Å². The van der Waals surface area contributed by atoms with E-state index in [0.29, 0.717) is 23.2 Å². The van der Waals surface area contributed by atoms with Crippen molar-refractivity contribution >= 4 is 41.2 Å². The van der Waals surface area contributed by atoms with Gasteiger partial charge in [0, 0.05) is 42.1 Å². The van der Waals surface area contributed by atoms with Crippen LogP contribution in [-0.2, 0) is 19.1 Å². The Hall–Kier alpha value is -0.930. The van der Waals surface area contributed by atoms with Crippen molar-refractivity contribution in [3.63, 3.8) is 0 Å². The van der Waals surface area contributed by atoms with Crippen molar-refractivity contribution in [2.45, 2.75) is 71.3 Å². The summed E-state index contributed by atoms with van der Waals surface area (Å²) in [5.41, 5.74) is -0.312. The molecule has 0 aliphatic rings. The third-order valence-corrected chi connectivity index (χ3v) is 8.84. The molecule has 0 fully saturated rings. The van der Waals surface area contributed by atoms with E-state index >= 15 is 0 Å². The number of nitrogens with one attached hydrogen (secondary N) is 3. The maximum Gasteiger partial charge on any atom is 0.243 e. The Bertz CT molecular complexity index is 585. The van der Waals surface area contributed by atoms with Gasteiger partial charge in [0.25, 0.3) is 0 Å². The Morgan fingerprint density at radius 3 is 2.16 bits per heavy atom. The fourth-order valence-electron chi connectivity index (χ4n) is 2.47. The van der Waals surface area contributed by atoms with Gasteiger partial charge in [-0.3, -0.25) is 14.4 Å². The second kappa shape index (κ2) is 14.3. The van der Waals surface area contributed by atoms with E-state index in [4.69, 9.17) is 4.74 Å². The van der Waals surface area contributed by atoms with Crippen molar-refractivity contribution in [3.05, 3.63) is 0 Å². The molecule has 0 saturated heterocycles. The number of amides is 3. The quantitative estimate of drug-likeness (QED) is 0.336. The highest BCUT2D eigenvalue weighted by Crippen LogP contribution is 2.35. The third kappa shape index (κ3) is 12.0. The summed E-state index contributed by atoms with van der Waals surface area (Å²) in [6.45, 7) is 14.4. The first-order valence-corrected chi connectivity index (χ1v) is 13.0. The molecule has 182 valence electrons. The summed E-state index contributed by atoms with van der Waals surface area (Å²) >= 11 is 3.32. The molecule has 0 aromatic rings. The maximum absolute atomic E-state index is 12.4. The first-order chi connectivity index (χ1) is 14.3. The number of carbonyl (C=O) groups excluding carboxylic acids is 3. The SMILES string of the molecule is CCC(C)C(C)(C)SCC(C)C(=O)NCC(=O)NC(CSCC(C)(C)OC)C(=O)NC. The maximum atomic E-state index is 12.4.